The highest BCUT2D eigenvalue weighted by Gasteiger charge is 2.33. The molecule has 2 aromatic heterocycles. The summed E-state index contributed by atoms with van der Waals surface area (Å²) in [7, 11) is 1.63. The number of hydrogen-bond acceptors (Lipinski definition) is 10. The van der Waals surface area contributed by atoms with Crippen LogP contribution in [0.1, 0.15) is 35.7 Å². The number of nitrogens with one attached hydrogen (secondary N) is 1. The Hall–Kier alpha value is -5.14. The number of methoxy groups -OCH3 is 1. The number of para-hydroxylation sites is 1. The lowest BCUT2D eigenvalue weighted by molar-refractivity contribution is -0.130. The molecule has 2 amide bonds. The van der Waals surface area contributed by atoms with Crippen LogP contribution in [0.2, 0.25) is 0 Å². The second-order valence-corrected chi connectivity index (χ2v) is 12.5. The Labute approximate surface area is 286 Å². The SMILES string of the molecule is CCOc1ccc(-n2c(CNC(=O)COc3ccccc3)nnc2SCC(=O)N2N=C(c3cccs3)C[C@H]2c2ccc(OC)cc2)cc1. The Balaban J connectivity index is 1.20. The van der Waals surface area contributed by atoms with Gasteiger partial charge in [-0.25, -0.2) is 5.01 Å². The molecule has 6 rings (SSSR count). The second kappa shape index (κ2) is 15.6. The van der Waals surface area contributed by atoms with Gasteiger partial charge in [-0.05, 0) is 72.5 Å². The van der Waals surface area contributed by atoms with E-state index in [-0.39, 0.29) is 36.8 Å². The van der Waals surface area contributed by atoms with Crippen molar-refractivity contribution in [3.05, 3.63) is 113 Å². The molecule has 1 aliphatic heterocycles. The van der Waals surface area contributed by atoms with Crippen molar-refractivity contribution in [1.82, 2.24) is 25.1 Å². The second-order valence-electron chi connectivity index (χ2n) is 10.6. The highest BCUT2D eigenvalue weighted by atomic mass is 32.2. The fourth-order valence-electron chi connectivity index (χ4n) is 5.13. The normalized spacial score (nSPS) is 14.0. The van der Waals surface area contributed by atoms with E-state index in [9.17, 15) is 9.59 Å². The van der Waals surface area contributed by atoms with Crippen LogP contribution in [0.25, 0.3) is 5.69 Å². The molecule has 0 bridgehead atoms. The molecule has 0 spiro atoms. The number of rotatable bonds is 14. The molecule has 0 aliphatic carbocycles. The zero-order valence-electron chi connectivity index (χ0n) is 26.4. The van der Waals surface area contributed by atoms with Gasteiger partial charge in [-0.3, -0.25) is 14.2 Å². The summed E-state index contributed by atoms with van der Waals surface area (Å²) >= 11 is 2.86. The van der Waals surface area contributed by atoms with Gasteiger partial charge in [0.2, 0.25) is 0 Å². The summed E-state index contributed by atoms with van der Waals surface area (Å²) in [6.07, 6.45) is 0.601. The van der Waals surface area contributed by atoms with Gasteiger partial charge in [-0.15, -0.1) is 21.5 Å². The predicted octanol–water partition coefficient (Wildman–Crippen LogP) is 5.90. The third-order valence-electron chi connectivity index (χ3n) is 7.46. The van der Waals surface area contributed by atoms with E-state index in [0.717, 1.165) is 33.3 Å². The van der Waals surface area contributed by atoms with E-state index in [0.29, 0.717) is 29.8 Å². The summed E-state index contributed by atoms with van der Waals surface area (Å²) in [5.41, 5.74) is 2.60. The van der Waals surface area contributed by atoms with Crippen LogP contribution in [0.5, 0.6) is 17.2 Å². The Morgan fingerprint density at radius 3 is 2.38 bits per heavy atom. The molecular weight excluding hydrogens is 649 g/mol. The summed E-state index contributed by atoms with van der Waals surface area (Å²) in [4.78, 5) is 27.5. The zero-order chi connectivity index (χ0) is 33.3. The maximum absolute atomic E-state index is 13.8. The fourth-order valence-corrected chi connectivity index (χ4v) is 6.67. The molecule has 1 atom stereocenters. The number of benzene rings is 3. The average Bonchev–Trinajstić information content (AvgIpc) is 3.90. The van der Waals surface area contributed by atoms with Crippen molar-refractivity contribution in [1.29, 1.82) is 0 Å². The highest BCUT2D eigenvalue weighted by Crippen LogP contribution is 2.35. The lowest BCUT2D eigenvalue weighted by atomic mass is 10.0. The summed E-state index contributed by atoms with van der Waals surface area (Å²) in [6.45, 7) is 2.43. The van der Waals surface area contributed by atoms with Crippen molar-refractivity contribution in [2.45, 2.75) is 31.1 Å². The zero-order valence-corrected chi connectivity index (χ0v) is 28.1. The van der Waals surface area contributed by atoms with E-state index >= 15 is 0 Å². The van der Waals surface area contributed by atoms with E-state index in [1.165, 1.54) is 11.8 Å². The van der Waals surface area contributed by atoms with Gasteiger partial charge >= 0.3 is 0 Å². The molecule has 3 aromatic carbocycles. The first-order valence-electron chi connectivity index (χ1n) is 15.3. The summed E-state index contributed by atoms with van der Waals surface area (Å²) in [5, 5.41) is 20.5. The minimum atomic E-state index is -0.303. The third-order valence-corrected chi connectivity index (χ3v) is 9.29. The van der Waals surface area contributed by atoms with E-state index in [1.807, 2.05) is 95.7 Å². The van der Waals surface area contributed by atoms with E-state index < -0.39 is 0 Å². The number of nitrogens with zero attached hydrogens (tertiary/aromatic N) is 5. The molecule has 246 valence electrons. The number of aromatic nitrogens is 3. The maximum Gasteiger partial charge on any atom is 0.258 e. The van der Waals surface area contributed by atoms with Crippen LogP contribution in [0.3, 0.4) is 0 Å². The van der Waals surface area contributed by atoms with Gasteiger partial charge in [0, 0.05) is 12.1 Å². The van der Waals surface area contributed by atoms with Crippen LogP contribution in [0.4, 0.5) is 0 Å². The number of carbonyl (C=O) groups excluding carboxylic acids is 2. The number of amides is 2. The van der Waals surface area contributed by atoms with Crippen LogP contribution >= 0.6 is 23.1 Å². The quantitative estimate of drug-likeness (QED) is 0.144. The minimum absolute atomic E-state index is 0.0698. The number of thioether (sulfide) groups is 1. The van der Waals surface area contributed by atoms with Crippen LogP contribution < -0.4 is 19.5 Å². The van der Waals surface area contributed by atoms with Crippen molar-refractivity contribution in [3.63, 3.8) is 0 Å². The molecule has 0 saturated heterocycles. The Bertz CT molecular complexity index is 1840. The topological polar surface area (TPSA) is 120 Å². The number of carbonyl (C=O) groups is 2. The largest absolute Gasteiger partial charge is 0.497 e. The standard InChI is InChI=1S/C35H34N6O5S2/c1-3-45-28-17-13-25(14-18-28)40-32(21-36-33(42)22-46-27-8-5-4-6-9-27)37-38-35(40)48-23-34(43)41-30(24-11-15-26(44-2)16-12-24)20-29(39-41)31-10-7-19-47-31/h4-19,30H,3,20-23H2,1-2H3,(H,36,42)/t30-/m0/s1. The first-order chi connectivity index (χ1) is 23.5. The molecule has 1 N–H and O–H groups in total. The van der Waals surface area contributed by atoms with Gasteiger partial charge in [0.15, 0.2) is 17.6 Å². The van der Waals surface area contributed by atoms with Crippen LogP contribution in [0, 0.1) is 0 Å². The van der Waals surface area contributed by atoms with Gasteiger partial charge in [0.25, 0.3) is 11.8 Å². The molecule has 0 fully saturated rings. The van der Waals surface area contributed by atoms with E-state index in [4.69, 9.17) is 19.3 Å². The molecule has 0 unspecified atom stereocenters. The smallest absolute Gasteiger partial charge is 0.258 e. The summed E-state index contributed by atoms with van der Waals surface area (Å²) < 4.78 is 18.4. The lowest BCUT2D eigenvalue weighted by Gasteiger charge is -2.22. The van der Waals surface area contributed by atoms with Gasteiger partial charge < -0.3 is 19.5 Å². The van der Waals surface area contributed by atoms with Crippen molar-refractivity contribution in [2.75, 3.05) is 26.1 Å². The van der Waals surface area contributed by atoms with Gasteiger partial charge in [-0.2, -0.15) is 5.10 Å². The predicted molar refractivity (Wildman–Crippen MR) is 185 cm³/mol. The number of thiophene rings is 1. The molecule has 11 nitrogen and oxygen atoms in total. The third kappa shape index (κ3) is 7.86. The first-order valence-corrected chi connectivity index (χ1v) is 17.2. The Kier molecular flexibility index (Phi) is 10.7. The van der Waals surface area contributed by atoms with E-state index in [2.05, 4.69) is 15.5 Å². The van der Waals surface area contributed by atoms with Gasteiger partial charge in [0.05, 0.1) is 42.6 Å². The molecule has 0 saturated carbocycles. The monoisotopic (exact) mass is 682 g/mol. The van der Waals surface area contributed by atoms with Crippen LogP contribution in [-0.4, -0.2) is 63.4 Å². The van der Waals surface area contributed by atoms with Gasteiger partial charge in [-0.1, -0.05) is 48.2 Å². The Morgan fingerprint density at radius 2 is 1.67 bits per heavy atom. The highest BCUT2D eigenvalue weighted by molar-refractivity contribution is 7.99. The summed E-state index contributed by atoms with van der Waals surface area (Å²) in [6, 6.07) is 28.1. The first kappa shape index (κ1) is 32.8. The molecule has 13 heteroatoms. The number of hydrogen-bond donors (Lipinski definition) is 1. The average molecular weight is 683 g/mol. The van der Waals surface area contributed by atoms with E-state index in [1.54, 1.807) is 35.6 Å². The van der Waals surface area contributed by atoms with Crippen molar-refractivity contribution >= 4 is 40.6 Å². The fraction of sp³-hybridized carbons (Fsp3) is 0.229. The maximum atomic E-state index is 13.8. The lowest BCUT2D eigenvalue weighted by Crippen LogP contribution is -2.29. The van der Waals surface area contributed by atoms with Crippen molar-refractivity contribution in [2.24, 2.45) is 5.10 Å². The van der Waals surface area contributed by atoms with Crippen molar-refractivity contribution < 1.29 is 23.8 Å². The molecule has 3 heterocycles. The molecule has 0 radical (unpaired) electrons. The minimum Gasteiger partial charge on any atom is -0.497 e. The molecule has 48 heavy (non-hydrogen) atoms. The van der Waals surface area contributed by atoms with Gasteiger partial charge in [0.1, 0.15) is 17.2 Å². The van der Waals surface area contributed by atoms with Crippen molar-refractivity contribution in [3.8, 4) is 22.9 Å². The number of hydrazone groups is 1. The molecule has 1 aliphatic rings. The molecular formula is C35H34N6O5S2. The van der Waals surface area contributed by atoms with Crippen LogP contribution in [0.15, 0.2) is 107 Å². The Morgan fingerprint density at radius 1 is 0.917 bits per heavy atom. The molecule has 5 aromatic rings. The summed E-state index contributed by atoms with van der Waals surface area (Å²) in [5.74, 6) is 2.17. The number of ether oxygens (including phenoxy) is 3. The van der Waals surface area contributed by atoms with Crippen LogP contribution in [-0.2, 0) is 16.1 Å².